The van der Waals surface area contributed by atoms with Crippen LogP contribution in [0, 0.1) is 5.92 Å². The monoisotopic (exact) mass is 255 g/mol. The third-order valence-corrected chi connectivity index (χ3v) is 3.88. The van der Waals surface area contributed by atoms with Gasteiger partial charge in [-0.3, -0.25) is 0 Å². The van der Waals surface area contributed by atoms with Crippen molar-refractivity contribution in [1.82, 2.24) is 15.1 Å². The van der Waals surface area contributed by atoms with Crippen molar-refractivity contribution in [3.63, 3.8) is 0 Å². The molecule has 2 aliphatic heterocycles. The molecule has 2 fully saturated rings. The second kappa shape index (κ2) is 7.43. The molecular weight excluding hydrogens is 226 g/mol. The van der Waals surface area contributed by atoms with Crippen LogP contribution in [0.15, 0.2) is 0 Å². The van der Waals surface area contributed by atoms with Crippen molar-refractivity contribution < 1.29 is 4.74 Å². The highest BCUT2D eigenvalue weighted by Crippen LogP contribution is 2.07. The molecule has 4 nitrogen and oxygen atoms in total. The fraction of sp³-hybridized carbons (Fsp3) is 1.00. The zero-order valence-electron chi connectivity index (χ0n) is 12.0. The number of rotatable bonds is 5. The Bertz CT molecular complexity index is 221. The Balaban J connectivity index is 1.58. The summed E-state index contributed by atoms with van der Waals surface area (Å²) < 4.78 is 5.49. The van der Waals surface area contributed by atoms with Gasteiger partial charge in [0.1, 0.15) is 0 Å². The fourth-order valence-corrected chi connectivity index (χ4v) is 2.86. The number of hydrogen-bond donors (Lipinski definition) is 1. The summed E-state index contributed by atoms with van der Waals surface area (Å²) in [4.78, 5) is 5.20. The highest BCUT2D eigenvalue weighted by Gasteiger charge is 2.19. The molecule has 2 heterocycles. The van der Waals surface area contributed by atoms with Gasteiger partial charge in [-0.25, -0.2) is 0 Å². The van der Waals surface area contributed by atoms with Gasteiger partial charge in [0.25, 0.3) is 0 Å². The molecule has 4 heteroatoms. The van der Waals surface area contributed by atoms with E-state index in [1.54, 1.807) is 0 Å². The lowest BCUT2D eigenvalue weighted by molar-refractivity contribution is 0.0643. The fourth-order valence-electron chi connectivity index (χ4n) is 2.86. The molecule has 0 amide bonds. The highest BCUT2D eigenvalue weighted by molar-refractivity contribution is 4.76. The van der Waals surface area contributed by atoms with Crippen molar-refractivity contribution in [2.45, 2.75) is 26.3 Å². The predicted molar refractivity (Wildman–Crippen MR) is 74.9 cm³/mol. The minimum Gasteiger partial charge on any atom is -0.379 e. The van der Waals surface area contributed by atoms with Crippen LogP contribution in [0.2, 0.25) is 0 Å². The summed E-state index contributed by atoms with van der Waals surface area (Å²) in [5.74, 6) is 0.792. The van der Waals surface area contributed by atoms with Crippen LogP contribution in [-0.2, 0) is 4.74 Å². The Morgan fingerprint density at radius 1 is 1.17 bits per heavy atom. The van der Waals surface area contributed by atoms with Crippen molar-refractivity contribution >= 4 is 0 Å². The molecule has 0 radical (unpaired) electrons. The van der Waals surface area contributed by atoms with E-state index >= 15 is 0 Å². The van der Waals surface area contributed by atoms with Gasteiger partial charge in [0, 0.05) is 45.3 Å². The summed E-state index contributed by atoms with van der Waals surface area (Å²) in [5.41, 5.74) is 0. The van der Waals surface area contributed by atoms with Gasteiger partial charge in [-0.05, 0) is 18.9 Å². The molecule has 1 atom stereocenters. The maximum atomic E-state index is 5.49. The molecular formula is C14H29N3O. The first-order valence-corrected chi connectivity index (χ1v) is 7.50. The largest absolute Gasteiger partial charge is 0.379 e. The quantitative estimate of drug-likeness (QED) is 0.780. The molecule has 1 unspecified atom stereocenters. The smallest absolute Gasteiger partial charge is 0.0620 e. The average Bonchev–Trinajstić information content (AvgIpc) is 2.38. The van der Waals surface area contributed by atoms with Crippen LogP contribution < -0.4 is 5.32 Å². The van der Waals surface area contributed by atoms with Gasteiger partial charge < -0.3 is 19.9 Å². The lowest BCUT2D eigenvalue weighted by Crippen LogP contribution is -2.49. The molecule has 0 aromatic carbocycles. The number of morpholine rings is 1. The first kappa shape index (κ1) is 14.3. The summed E-state index contributed by atoms with van der Waals surface area (Å²) in [6.45, 7) is 14.8. The standard InChI is InChI=1S/C14H29N3O/c1-13(2)11-17-8-6-16(7-9-17)5-3-14-12-18-10-4-15-14/h13-15H,3-12H2,1-2H3. The van der Waals surface area contributed by atoms with Gasteiger partial charge in [-0.1, -0.05) is 13.8 Å². The molecule has 106 valence electrons. The molecule has 0 spiro atoms. The van der Waals surface area contributed by atoms with E-state index in [0.717, 1.165) is 25.7 Å². The predicted octanol–water partition coefficient (Wildman–Crippen LogP) is 0.639. The Hall–Kier alpha value is -0.160. The van der Waals surface area contributed by atoms with Crippen molar-refractivity contribution in [1.29, 1.82) is 0 Å². The summed E-state index contributed by atoms with van der Waals surface area (Å²) >= 11 is 0. The van der Waals surface area contributed by atoms with Gasteiger partial charge in [-0.15, -0.1) is 0 Å². The van der Waals surface area contributed by atoms with E-state index in [0.29, 0.717) is 6.04 Å². The van der Waals surface area contributed by atoms with Crippen molar-refractivity contribution in [3.8, 4) is 0 Å². The van der Waals surface area contributed by atoms with Crippen LogP contribution in [0.3, 0.4) is 0 Å². The number of nitrogens with zero attached hydrogens (tertiary/aromatic N) is 2. The van der Waals surface area contributed by atoms with Gasteiger partial charge in [0.05, 0.1) is 13.2 Å². The number of piperazine rings is 1. The molecule has 2 rings (SSSR count). The van der Waals surface area contributed by atoms with E-state index in [-0.39, 0.29) is 0 Å². The second-order valence-electron chi connectivity index (χ2n) is 6.05. The summed E-state index contributed by atoms with van der Waals surface area (Å²) in [7, 11) is 0. The Morgan fingerprint density at radius 3 is 2.50 bits per heavy atom. The lowest BCUT2D eigenvalue weighted by atomic mass is 10.1. The minimum atomic E-state index is 0.576. The molecule has 18 heavy (non-hydrogen) atoms. The number of nitrogens with one attached hydrogen (secondary N) is 1. The molecule has 0 aromatic heterocycles. The number of ether oxygens (including phenoxy) is 1. The van der Waals surface area contributed by atoms with Gasteiger partial charge in [0.15, 0.2) is 0 Å². The maximum absolute atomic E-state index is 5.49. The zero-order chi connectivity index (χ0) is 12.8. The van der Waals surface area contributed by atoms with E-state index in [2.05, 4.69) is 29.0 Å². The summed E-state index contributed by atoms with van der Waals surface area (Å²) in [5, 5.41) is 3.53. The van der Waals surface area contributed by atoms with E-state index in [1.165, 1.54) is 45.7 Å². The van der Waals surface area contributed by atoms with Gasteiger partial charge in [0.2, 0.25) is 0 Å². The summed E-state index contributed by atoms with van der Waals surface area (Å²) in [6.07, 6.45) is 1.23. The SMILES string of the molecule is CC(C)CN1CCN(CCC2COCCN2)CC1. The van der Waals surface area contributed by atoms with E-state index in [1.807, 2.05) is 0 Å². The van der Waals surface area contributed by atoms with Gasteiger partial charge in [-0.2, -0.15) is 0 Å². The van der Waals surface area contributed by atoms with Crippen LogP contribution in [-0.4, -0.2) is 74.9 Å². The highest BCUT2D eigenvalue weighted by atomic mass is 16.5. The number of hydrogen-bond acceptors (Lipinski definition) is 4. The van der Waals surface area contributed by atoms with E-state index < -0.39 is 0 Å². The molecule has 2 saturated heterocycles. The average molecular weight is 255 g/mol. The third-order valence-electron chi connectivity index (χ3n) is 3.88. The third kappa shape index (κ3) is 4.84. The second-order valence-corrected chi connectivity index (χ2v) is 6.05. The molecule has 0 aliphatic carbocycles. The molecule has 0 bridgehead atoms. The topological polar surface area (TPSA) is 27.7 Å². The summed E-state index contributed by atoms with van der Waals surface area (Å²) in [6, 6.07) is 0.576. The maximum Gasteiger partial charge on any atom is 0.0620 e. The minimum absolute atomic E-state index is 0.576. The first-order chi connectivity index (χ1) is 8.74. The molecule has 2 aliphatic rings. The van der Waals surface area contributed by atoms with E-state index in [9.17, 15) is 0 Å². The molecule has 0 saturated carbocycles. The van der Waals surface area contributed by atoms with Crippen LogP contribution >= 0.6 is 0 Å². The van der Waals surface area contributed by atoms with Crippen molar-refractivity contribution in [3.05, 3.63) is 0 Å². The molecule has 0 aromatic rings. The van der Waals surface area contributed by atoms with E-state index in [4.69, 9.17) is 4.74 Å². The Morgan fingerprint density at radius 2 is 1.89 bits per heavy atom. The van der Waals surface area contributed by atoms with Crippen LogP contribution in [0.1, 0.15) is 20.3 Å². The zero-order valence-corrected chi connectivity index (χ0v) is 12.0. The van der Waals surface area contributed by atoms with Gasteiger partial charge >= 0.3 is 0 Å². The van der Waals surface area contributed by atoms with Crippen molar-refractivity contribution in [2.75, 3.05) is 59.0 Å². The van der Waals surface area contributed by atoms with Crippen LogP contribution in [0.25, 0.3) is 0 Å². The Kier molecular flexibility index (Phi) is 5.89. The lowest BCUT2D eigenvalue weighted by Gasteiger charge is -2.36. The normalized spacial score (nSPS) is 27.8. The van der Waals surface area contributed by atoms with Crippen LogP contribution in [0.4, 0.5) is 0 Å². The van der Waals surface area contributed by atoms with Crippen molar-refractivity contribution in [2.24, 2.45) is 5.92 Å². The first-order valence-electron chi connectivity index (χ1n) is 7.50. The molecule has 1 N–H and O–H groups in total. The Labute approximate surface area is 112 Å². The van der Waals surface area contributed by atoms with Crippen LogP contribution in [0.5, 0.6) is 0 Å².